The maximum Gasteiger partial charge on any atom is 0.289 e. The standard InChI is InChI=1S/C18H13ClN2O4S/c19-15-12-14(13-6-2-1-3-7-13)10-11-16(15)20-26(24,25)18-9-5-4-8-17(18)21(22)23/h1-12,20H. The van der Waals surface area contributed by atoms with Crippen LogP contribution < -0.4 is 4.72 Å². The molecule has 0 amide bonds. The molecule has 0 bridgehead atoms. The molecule has 0 saturated carbocycles. The smallest absolute Gasteiger partial charge is 0.278 e. The van der Waals surface area contributed by atoms with Gasteiger partial charge in [-0.05, 0) is 29.3 Å². The second kappa shape index (κ2) is 7.15. The van der Waals surface area contributed by atoms with E-state index < -0.39 is 25.5 Å². The number of hydrogen-bond donors (Lipinski definition) is 1. The van der Waals surface area contributed by atoms with Crippen LogP contribution in [-0.4, -0.2) is 13.3 Å². The average Bonchev–Trinajstić information content (AvgIpc) is 2.64. The van der Waals surface area contributed by atoms with Crippen LogP contribution in [0.5, 0.6) is 0 Å². The fourth-order valence-corrected chi connectivity index (χ4v) is 3.98. The van der Waals surface area contributed by atoms with E-state index in [0.29, 0.717) is 0 Å². The van der Waals surface area contributed by atoms with Gasteiger partial charge in [0, 0.05) is 6.07 Å². The molecule has 0 aromatic heterocycles. The number of nitrogens with one attached hydrogen (secondary N) is 1. The number of nitro benzene ring substituents is 1. The first-order chi connectivity index (χ1) is 12.4. The first-order valence-electron chi connectivity index (χ1n) is 7.50. The van der Waals surface area contributed by atoms with Crippen molar-refractivity contribution >= 4 is 33.0 Å². The van der Waals surface area contributed by atoms with Gasteiger partial charge < -0.3 is 0 Å². The third-order valence-electron chi connectivity index (χ3n) is 3.67. The summed E-state index contributed by atoms with van der Waals surface area (Å²) in [7, 11) is -4.17. The summed E-state index contributed by atoms with van der Waals surface area (Å²) >= 11 is 6.21. The number of rotatable bonds is 5. The quantitative estimate of drug-likeness (QED) is 0.506. The highest BCUT2D eigenvalue weighted by atomic mass is 35.5. The lowest BCUT2D eigenvalue weighted by Crippen LogP contribution is -2.15. The minimum absolute atomic E-state index is 0.143. The third kappa shape index (κ3) is 3.68. The Bertz CT molecular complexity index is 1070. The van der Waals surface area contributed by atoms with Gasteiger partial charge in [0.25, 0.3) is 15.7 Å². The lowest BCUT2D eigenvalue weighted by Gasteiger charge is -2.11. The Morgan fingerprint density at radius 3 is 2.19 bits per heavy atom. The van der Waals surface area contributed by atoms with Crippen LogP contribution in [0.15, 0.2) is 77.7 Å². The summed E-state index contributed by atoms with van der Waals surface area (Å²) in [6, 6.07) is 19.5. The van der Waals surface area contributed by atoms with E-state index in [1.807, 2.05) is 30.3 Å². The van der Waals surface area contributed by atoms with Crippen LogP contribution in [0.25, 0.3) is 11.1 Å². The maximum atomic E-state index is 12.6. The van der Waals surface area contributed by atoms with Crippen molar-refractivity contribution in [2.45, 2.75) is 4.90 Å². The van der Waals surface area contributed by atoms with Crippen molar-refractivity contribution in [1.29, 1.82) is 0 Å². The largest absolute Gasteiger partial charge is 0.289 e. The summed E-state index contributed by atoms with van der Waals surface area (Å²) in [5.74, 6) is 0. The predicted molar refractivity (Wildman–Crippen MR) is 101 cm³/mol. The molecular formula is C18H13ClN2O4S. The van der Waals surface area contributed by atoms with Crippen LogP contribution in [0.2, 0.25) is 5.02 Å². The zero-order valence-corrected chi connectivity index (χ0v) is 14.9. The lowest BCUT2D eigenvalue weighted by molar-refractivity contribution is -0.387. The SMILES string of the molecule is O=[N+]([O-])c1ccccc1S(=O)(=O)Nc1ccc(-c2ccccc2)cc1Cl. The van der Waals surface area contributed by atoms with E-state index in [1.165, 1.54) is 24.3 Å². The molecule has 3 aromatic carbocycles. The molecule has 0 fully saturated rings. The zero-order valence-electron chi connectivity index (χ0n) is 13.3. The van der Waals surface area contributed by atoms with E-state index >= 15 is 0 Å². The van der Waals surface area contributed by atoms with Crippen molar-refractivity contribution in [1.82, 2.24) is 0 Å². The summed E-state index contributed by atoms with van der Waals surface area (Å²) in [4.78, 5) is 9.91. The Hall–Kier alpha value is -2.90. The number of sulfonamides is 1. The minimum Gasteiger partial charge on any atom is -0.278 e. The minimum atomic E-state index is -4.17. The van der Waals surface area contributed by atoms with Gasteiger partial charge in [0.1, 0.15) is 0 Å². The van der Waals surface area contributed by atoms with E-state index in [-0.39, 0.29) is 10.7 Å². The first-order valence-corrected chi connectivity index (χ1v) is 9.36. The van der Waals surface area contributed by atoms with E-state index in [2.05, 4.69) is 4.72 Å². The Kier molecular flexibility index (Phi) is 4.92. The van der Waals surface area contributed by atoms with Crippen LogP contribution in [0.1, 0.15) is 0 Å². The lowest BCUT2D eigenvalue weighted by atomic mass is 10.1. The van der Waals surface area contributed by atoms with Gasteiger partial charge in [-0.3, -0.25) is 14.8 Å². The normalized spacial score (nSPS) is 11.1. The Balaban J connectivity index is 1.95. The molecular weight excluding hydrogens is 376 g/mol. The fourth-order valence-electron chi connectivity index (χ4n) is 2.44. The molecule has 0 aliphatic carbocycles. The summed E-state index contributed by atoms with van der Waals surface area (Å²) in [5.41, 5.74) is 1.40. The van der Waals surface area contributed by atoms with Crippen molar-refractivity contribution in [3.05, 3.63) is 87.9 Å². The second-order valence-corrected chi connectivity index (χ2v) is 7.45. The average molecular weight is 389 g/mol. The van der Waals surface area contributed by atoms with Crippen LogP contribution in [0.3, 0.4) is 0 Å². The third-order valence-corrected chi connectivity index (χ3v) is 5.40. The van der Waals surface area contributed by atoms with Crippen molar-refractivity contribution < 1.29 is 13.3 Å². The molecule has 0 atom stereocenters. The highest BCUT2D eigenvalue weighted by molar-refractivity contribution is 7.92. The highest BCUT2D eigenvalue weighted by Gasteiger charge is 2.25. The molecule has 6 nitrogen and oxygen atoms in total. The molecule has 1 N–H and O–H groups in total. The molecule has 8 heteroatoms. The number of para-hydroxylation sites is 1. The monoisotopic (exact) mass is 388 g/mol. The summed E-state index contributed by atoms with van der Waals surface area (Å²) in [5, 5.41) is 11.3. The summed E-state index contributed by atoms with van der Waals surface area (Å²) < 4.78 is 27.4. The molecule has 26 heavy (non-hydrogen) atoms. The van der Waals surface area contributed by atoms with Crippen LogP contribution in [0.4, 0.5) is 11.4 Å². The van der Waals surface area contributed by atoms with E-state index in [4.69, 9.17) is 11.6 Å². The Labute approximate surface area is 155 Å². The molecule has 3 aromatic rings. The molecule has 0 aliphatic rings. The van der Waals surface area contributed by atoms with Gasteiger partial charge in [-0.25, -0.2) is 8.42 Å². The van der Waals surface area contributed by atoms with Gasteiger partial charge in [-0.2, -0.15) is 0 Å². The summed E-state index contributed by atoms with van der Waals surface area (Å²) in [6.45, 7) is 0. The Morgan fingerprint density at radius 1 is 0.885 bits per heavy atom. The van der Waals surface area contributed by atoms with Gasteiger partial charge >= 0.3 is 0 Å². The van der Waals surface area contributed by atoms with Crippen LogP contribution >= 0.6 is 11.6 Å². The molecule has 0 saturated heterocycles. The Morgan fingerprint density at radius 2 is 1.54 bits per heavy atom. The summed E-state index contributed by atoms with van der Waals surface area (Å²) in [6.07, 6.45) is 0. The van der Waals surface area contributed by atoms with Crippen molar-refractivity contribution in [3.63, 3.8) is 0 Å². The van der Waals surface area contributed by atoms with Crippen LogP contribution in [-0.2, 0) is 10.0 Å². The molecule has 0 aliphatic heterocycles. The number of anilines is 1. The van der Waals surface area contributed by atoms with Crippen molar-refractivity contribution in [2.24, 2.45) is 0 Å². The highest BCUT2D eigenvalue weighted by Crippen LogP contribution is 2.31. The van der Waals surface area contributed by atoms with Crippen molar-refractivity contribution in [3.8, 4) is 11.1 Å². The fraction of sp³-hybridized carbons (Fsp3) is 0. The van der Waals surface area contributed by atoms with Gasteiger partial charge in [0.05, 0.1) is 15.6 Å². The van der Waals surface area contributed by atoms with Gasteiger partial charge in [-0.1, -0.05) is 60.1 Å². The van der Waals surface area contributed by atoms with Crippen molar-refractivity contribution in [2.75, 3.05) is 4.72 Å². The number of halogens is 1. The second-order valence-electron chi connectivity index (χ2n) is 5.39. The van der Waals surface area contributed by atoms with Gasteiger partial charge in [0.2, 0.25) is 0 Å². The first kappa shape index (κ1) is 17.9. The molecule has 0 spiro atoms. The van der Waals surface area contributed by atoms with Crippen LogP contribution in [0, 0.1) is 10.1 Å². The number of nitro groups is 1. The van der Waals surface area contributed by atoms with E-state index in [9.17, 15) is 18.5 Å². The number of benzene rings is 3. The van der Waals surface area contributed by atoms with E-state index in [0.717, 1.165) is 17.2 Å². The predicted octanol–water partition coefficient (Wildman–Crippen LogP) is 4.72. The van der Waals surface area contributed by atoms with E-state index in [1.54, 1.807) is 12.1 Å². The number of nitrogens with zero attached hydrogens (tertiary/aromatic N) is 1. The van der Waals surface area contributed by atoms with Gasteiger partial charge in [0.15, 0.2) is 4.90 Å². The maximum absolute atomic E-state index is 12.6. The molecule has 132 valence electrons. The molecule has 3 rings (SSSR count). The topological polar surface area (TPSA) is 89.3 Å². The molecule has 0 unspecified atom stereocenters. The zero-order chi connectivity index (χ0) is 18.7. The van der Waals surface area contributed by atoms with Gasteiger partial charge in [-0.15, -0.1) is 0 Å². The molecule has 0 radical (unpaired) electrons. The molecule has 0 heterocycles. The number of hydrogen-bond acceptors (Lipinski definition) is 4.